The first kappa shape index (κ1) is 32.0. The zero-order valence-corrected chi connectivity index (χ0v) is 23.9. The lowest BCUT2D eigenvalue weighted by Gasteiger charge is -2.31. The van der Waals surface area contributed by atoms with Gasteiger partial charge in [0.15, 0.2) is 5.90 Å². The van der Waals surface area contributed by atoms with Crippen LogP contribution < -0.4 is 0 Å². The van der Waals surface area contributed by atoms with Gasteiger partial charge in [-0.15, -0.1) is 0 Å². The number of rotatable bonds is 26. The Kier molecular flexibility index (Phi) is 21.4. The van der Waals surface area contributed by atoms with Crippen LogP contribution in [0.5, 0.6) is 0 Å². The molecule has 1 rings (SSSR count). The second-order valence-corrected chi connectivity index (χ2v) is 11.2. The van der Waals surface area contributed by atoms with Gasteiger partial charge in [-0.2, -0.15) is 5.26 Å². The third kappa shape index (κ3) is 16.3. The van der Waals surface area contributed by atoms with Crippen LogP contribution in [0.2, 0.25) is 0 Å². The largest absolute Gasteiger partial charge is 0.479 e. The zero-order valence-electron chi connectivity index (χ0n) is 23.9. The zero-order chi connectivity index (χ0) is 25.3. The van der Waals surface area contributed by atoms with E-state index in [2.05, 4.69) is 19.9 Å². The minimum absolute atomic E-state index is 0.120. The molecule has 0 N–H and O–H groups in total. The second-order valence-electron chi connectivity index (χ2n) is 11.2. The van der Waals surface area contributed by atoms with Crippen molar-refractivity contribution >= 4 is 5.90 Å². The molecule has 1 aliphatic heterocycles. The Hall–Kier alpha value is -1.04. The van der Waals surface area contributed by atoms with Gasteiger partial charge in [-0.3, -0.25) is 4.99 Å². The van der Waals surface area contributed by atoms with E-state index in [0.29, 0.717) is 13.0 Å². The van der Waals surface area contributed by atoms with Crippen molar-refractivity contribution in [2.45, 2.75) is 174 Å². The van der Waals surface area contributed by atoms with Gasteiger partial charge < -0.3 is 4.74 Å². The molecule has 1 aliphatic rings. The summed E-state index contributed by atoms with van der Waals surface area (Å²) in [5, 5.41) is 9.63. The summed E-state index contributed by atoms with van der Waals surface area (Å²) in [6, 6.07) is 2.50. The van der Waals surface area contributed by atoms with Crippen LogP contribution in [0.25, 0.3) is 0 Å². The molecular weight excluding hydrogens is 428 g/mol. The molecule has 3 heteroatoms. The SMILES string of the molecule is CCCCCCCCCCCCCCCCCC(CC#N)(CCCCCCCCC)C1=NCCO1. The van der Waals surface area contributed by atoms with Gasteiger partial charge in [0, 0.05) is 6.42 Å². The molecule has 0 bridgehead atoms. The van der Waals surface area contributed by atoms with E-state index in [9.17, 15) is 5.26 Å². The van der Waals surface area contributed by atoms with E-state index in [1.165, 1.54) is 141 Å². The van der Waals surface area contributed by atoms with E-state index >= 15 is 0 Å². The monoisotopic (exact) mass is 488 g/mol. The Labute approximate surface area is 219 Å². The molecule has 0 aliphatic carbocycles. The lowest BCUT2D eigenvalue weighted by Crippen LogP contribution is -2.31. The molecule has 0 fully saturated rings. The van der Waals surface area contributed by atoms with E-state index in [-0.39, 0.29) is 5.41 Å². The molecule has 204 valence electrons. The highest BCUT2D eigenvalue weighted by Gasteiger charge is 2.38. The first-order chi connectivity index (χ1) is 17.3. The summed E-state index contributed by atoms with van der Waals surface area (Å²) in [4.78, 5) is 4.70. The Balaban J connectivity index is 2.17. The summed E-state index contributed by atoms with van der Waals surface area (Å²) in [5.41, 5.74) is -0.120. The molecule has 0 aromatic carbocycles. The van der Waals surface area contributed by atoms with Crippen LogP contribution in [0.15, 0.2) is 4.99 Å². The summed E-state index contributed by atoms with van der Waals surface area (Å²) in [5.74, 6) is 0.912. The highest BCUT2D eigenvalue weighted by Crippen LogP contribution is 2.38. The fourth-order valence-corrected chi connectivity index (χ4v) is 5.65. The molecule has 0 aromatic heterocycles. The van der Waals surface area contributed by atoms with Gasteiger partial charge >= 0.3 is 0 Å². The number of hydrogen-bond acceptors (Lipinski definition) is 3. The fraction of sp³-hybridized carbons (Fsp3) is 0.938. The summed E-state index contributed by atoms with van der Waals surface area (Å²) in [6.07, 6.45) is 32.8. The molecule has 1 atom stereocenters. The van der Waals surface area contributed by atoms with E-state index in [0.717, 1.165) is 25.3 Å². The quantitative estimate of drug-likeness (QED) is 0.114. The molecule has 35 heavy (non-hydrogen) atoms. The van der Waals surface area contributed by atoms with Crippen molar-refractivity contribution < 1.29 is 4.74 Å². The van der Waals surface area contributed by atoms with Gasteiger partial charge in [-0.25, -0.2) is 0 Å². The summed E-state index contributed by atoms with van der Waals surface area (Å²) >= 11 is 0. The van der Waals surface area contributed by atoms with Crippen LogP contribution in [0.4, 0.5) is 0 Å². The minimum atomic E-state index is -0.120. The second kappa shape index (κ2) is 23.4. The third-order valence-corrected chi connectivity index (χ3v) is 7.97. The van der Waals surface area contributed by atoms with Gasteiger partial charge in [0.25, 0.3) is 0 Å². The van der Waals surface area contributed by atoms with Crippen molar-refractivity contribution in [2.24, 2.45) is 10.4 Å². The summed E-state index contributed by atoms with van der Waals surface area (Å²) in [6.45, 7) is 6.05. The van der Waals surface area contributed by atoms with Crippen LogP contribution in [0.1, 0.15) is 174 Å². The van der Waals surface area contributed by atoms with Crippen molar-refractivity contribution in [2.75, 3.05) is 13.2 Å². The number of unbranched alkanes of at least 4 members (excludes halogenated alkanes) is 20. The van der Waals surface area contributed by atoms with Crippen LogP contribution in [0.3, 0.4) is 0 Å². The lowest BCUT2D eigenvalue weighted by molar-refractivity contribution is 0.240. The standard InChI is InChI=1S/C32H60N2O/c1-3-5-7-9-11-12-13-14-15-16-17-18-20-22-24-26-32(27-28-33,31-34-29-30-35-31)25-23-21-19-10-8-6-4-2/h3-27,29-30H2,1-2H3. The van der Waals surface area contributed by atoms with Crippen molar-refractivity contribution in [3.05, 3.63) is 0 Å². The maximum absolute atomic E-state index is 9.63. The first-order valence-electron chi connectivity index (χ1n) is 15.8. The third-order valence-electron chi connectivity index (χ3n) is 7.97. The van der Waals surface area contributed by atoms with Crippen molar-refractivity contribution in [3.8, 4) is 6.07 Å². The van der Waals surface area contributed by atoms with Crippen molar-refractivity contribution in [1.29, 1.82) is 5.26 Å². The molecule has 0 saturated heterocycles. The maximum atomic E-state index is 9.63. The first-order valence-corrected chi connectivity index (χ1v) is 15.8. The molecule has 0 radical (unpaired) electrons. The molecule has 3 nitrogen and oxygen atoms in total. The molecule has 0 aromatic rings. The average molecular weight is 489 g/mol. The maximum Gasteiger partial charge on any atom is 0.190 e. The summed E-state index contributed by atoms with van der Waals surface area (Å²) in [7, 11) is 0. The van der Waals surface area contributed by atoms with E-state index in [4.69, 9.17) is 9.73 Å². The molecule has 0 saturated carbocycles. The van der Waals surface area contributed by atoms with Gasteiger partial charge in [0.1, 0.15) is 6.61 Å². The number of ether oxygens (including phenoxy) is 1. The van der Waals surface area contributed by atoms with Crippen LogP contribution in [0, 0.1) is 16.7 Å². The fourth-order valence-electron chi connectivity index (χ4n) is 5.65. The Bertz CT molecular complexity index is 538. The van der Waals surface area contributed by atoms with Gasteiger partial charge in [-0.05, 0) is 12.8 Å². The van der Waals surface area contributed by atoms with E-state index < -0.39 is 0 Å². The van der Waals surface area contributed by atoms with Gasteiger partial charge in [-0.1, -0.05) is 155 Å². The number of nitrogens with zero attached hydrogens (tertiary/aromatic N) is 2. The average Bonchev–Trinajstić information content (AvgIpc) is 3.41. The molecule has 1 heterocycles. The highest BCUT2D eigenvalue weighted by molar-refractivity contribution is 5.84. The number of nitriles is 1. The number of aliphatic imine (C=N–C) groups is 1. The van der Waals surface area contributed by atoms with E-state index in [1.54, 1.807) is 0 Å². The van der Waals surface area contributed by atoms with Crippen molar-refractivity contribution in [3.63, 3.8) is 0 Å². The van der Waals surface area contributed by atoms with Gasteiger partial charge in [0.05, 0.1) is 18.0 Å². The molecule has 0 amide bonds. The molecule has 0 spiro atoms. The highest BCUT2D eigenvalue weighted by atomic mass is 16.5. The summed E-state index contributed by atoms with van der Waals surface area (Å²) < 4.78 is 5.95. The molecular formula is C32H60N2O. The normalized spacial score (nSPS) is 14.9. The lowest BCUT2D eigenvalue weighted by atomic mass is 9.75. The Morgan fingerprint density at radius 1 is 0.629 bits per heavy atom. The Morgan fingerprint density at radius 2 is 1.00 bits per heavy atom. The minimum Gasteiger partial charge on any atom is -0.479 e. The predicted molar refractivity (Wildman–Crippen MR) is 153 cm³/mol. The van der Waals surface area contributed by atoms with Crippen LogP contribution in [-0.2, 0) is 4.74 Å². The Morgan fingerprint density at radius 3 is 1.31 bits per heavy atom. The van der Waals surface area contributed by atoms with Crippen LogP contribution in [-0.4, -0.2) is 19.0 Å². The number of hydrogen-bond donors (Lipinski definition) is 0. The topological polar surface area (TPSA) is 45.4 Å². The van der Waals surface area contributed by atoms with Crippen LogP contribution >= 0.6 is 0 Å². The molecule has 1 unspecified atom stereocenters. The predicted octanol–water partition coefficient (Wildman–Crippen LogP) is 10.7. The smallest absolute Gasteiger partial charge is 0.190 e. The van der Waals surface area contributed by atoms with Crippen molar-refractivity contribution in [1.82, 2.24) is 0 Å². The van der Waals surface area contributed by atoms with Gasteiger partial charge in [0.2, 0.25) is 0 Å². The van der Waals surface area contributed by atoms with E-state index in [1.807, 2.05) is 0 Å².